The van der Waals surface area contributed by atoms with Crippen LogP contribution in [0.3, 0.4) is 0 Å². The molecule has 0 atom stereocenters. The van der Waals surface area contributed by atoms with Gasteiger partial charge in [0.2, 0.25) is 5.75 Å². The average molecular weight is 329 g/mol. The van der Waals surface area contributed by atoms with Crippen LogP contribution in [0.2, 0.25) is 0 Å². The quantitative estimate of drug-likeness (QED) is 0.463. The van der Waals surface area contributed by atoms with E-state index in [4.69, 9.17) is 19.4 Å². The van der Waals surface area contributed by atoms with Crippen LogP contribution in [0.25, 0.3) is 6.08 Å². The van der Waals surface area contributed by atoms with E-state index in [-0.39, 0.29) is 23.9 Å². The number of phenols is 1. The minimum Gasteiger partial charge on any atom is -0.502 e. The molecule has 126 valence electrons. The molecule has 6 heteroatoms. The lowest BCUT2D eigenvalue weighted by Gasteiger charge is -2.09. The number of methoxy groups -OCH3 is 2. The largest absolute Gasteiger partial charge is 0.502 e. The van der Waals surface area contributed by atoms with Gasteiger partial charge in [0.05, 0.1) is 14.2 Å². The van der Waals surface area contributed by atoms with E-state index in [1.165, 1.54) is 14.2 Å². The van der Waals surface area contributed by atoms with Gasteiger partial charge in [0.15, 0.2) is 11.5 Å². The predicted molar refractivity (Wildman–Crippen MR) is 91.4 cm³/mol. The maximum Gasteiger partial charge on any atom is 0.200 e. The molecule has 0 amide bonds. The minimum absolute atomic E-state index is 0.0689. The molecule has 2 rings (SSSR count). The van der Waals surface area contributed by atoms with Gasteiger partial charge in [-0.25, -0.2) is 0 Å². The standard InChI is InChI=1S/C18H19NO5/c1-22-16-10-13(11-17(23-2)18(16)20)8-9-14(19-21)12-24-15-6-4-3-5-7-15/h3-11,20-21H,12H2,1-2H3/b9-8+,19-14?. The second-order valence-corrected chi connectivity index (χ2v) is 4.80. The van der Waals surface area contributed by atoms with E-state index in [1.807, 2.05) is 30.3 Å². The van der Waals surface area contributed by atoms with Gasteiger partial charge in [-0.05, 0) is 35.9 Å². The molecule has 0 unspecified atom stereocenters. The summed E-state index contributed by atoms with van der Waals surface area (Å²) in [6.07, 6.45) is 3.31. The van der Waals surface area contributed by atoms with E-state index in [2.05, 4.69) is 5.16 Å². The molecular weight excluding hydrogens is 310 g/mol. The Labute approximate surface area is 140 Å². The van der Waals surface area contributed by atoms with Crippen molar-refractivity contribution in [3.63, 3.8) is 0 Å². The summed E-state index contributed by atoms with van der Waals surface area (Å²) in [6, 6.07) is 12.5. The topological polar surface area (TPSA) is 80.5 Å². The number of benzene rings is 2. The van der Waals surface area contributed by atoms with Crippen molar-refractivity contribution in [2.24, 2.45) is 5.16 Å². The zero-order valence-corrected chi connectivity index (χ0v) is 13.5. The molecule has 0 aromatic heterocycles. The minimum atomic E-state index is -0.0689. The molecule has 2 aromatic carbocycles. The van der Waals surface area contributed by atoms with Crippen LogP contribution in [0.15, 0.2) is 53.7 Å². The molecule has 24 heavy (non-hydrogen) atoms. The number of phenolic OH excluding ortho intramolecular Hbond substituents is 1. The first-order valence-corrected chi connectivity index (χ1v) is 7.19. The number of hydrogen-bond acceptors (Lipinski definition) is 6. The van der Waals surface area contributed by atoms with Crippen LogP contribution in [0, 0.1) is 0 Å². The van der Waals surface area contributed by atoms with E-state index in [0.717, 1.165) is 0 Å². The maximum absolute atomic E-state index is 9.89. The van der Waals surface area contributed by atoms with E-state index in [9.17, 15) is 5.11 Å². The average Bonchev–Trinajstić information content (AvgIpc) is 2.63. The van der Waals surface area contributed by atoms with Crippen molar-refractivity contribution in [3.8, 4) is 23.0 Å². The molecule has 0 aliphatic carbocycles. The smallest absolute Gasteiger partial charge is 0.200 e. The van der Waals surface area contributed by atoms with Gasteiger partial charge in [0.1, 0.15) is 18.1 Å². The van der Waals surface area contributed by atoms with E-state index < -0.39 is 0 Å². The summed E-state index contributed by atoms with van der Waals surface area (Å²) in [7, 11) is 2.91. The normalized spacial score (nSPS) is 11.5. The van der Waals surface area contributed by atoms with Gasteiger partial charge >= 0.3 is 0 Å². The first kappa shape index (κ1) is 17.2. The number of hydrogen-bond donors (Lipinski definition) is 2. The summed E-state index contributed by atoms with van der Waals surface area (Å²) in [4.78, 5) is 0. The molecule has 2 aromatic rings. The Morgan fingerprint density at radius 2 is 1.71 bits per heavy atom. The number of nitrogens with zero attached hydrogens (tertiary/aromatic N) is 1. The third-order valence-electron chi connectivity index (χ3n) is 3.23. The lowest BCUT2D eigenvalue weighted by atomic mass is 10.1. The number of ether oxygens (including phenoxy) is 3. The summed E-state index contributed by atoms with van der Waals surface area (Å²) >= 11 is 0. The third-order valence-corrected chi connectivity index (χ3v) is 3.23. The highest BCUT2D eigenvalue weighted by atomic mass is 16.5. The SMILES string of the molecule is COc1cc(/C=C/C(COc2ccccc2)=NO)cc(OC)c1O. The molecule has 0 spiro atoms. The zero-order chi connectivity index (χ0) is 17.4. The highest BCUT2D eigenvalue weighted by Crippen LogP contribution is 2.37. The molecule has 0 aliphatic heterocycles. The lowest BCUT2D eigenvalue weighted by Crippen LogP contribution is -2.08. The molecule has 0 bridgehead atoms. The summed E-state index contributed by atoms with van der Waals surface area (Å²) < 4.78 is 15.7. The second kappa shape index (κ2) is 8.47. The van der Waals surface area contributed by atoms with Crippen molar-refractivity contribution >= 4 is 11.8 Å². The molecule has 0 fully saturated rings. The van der Waals surface area contributed by atoms with Crippen LogP contribution in [-0.2, 0) is 0 Å². The summed E-state index contributed by atoms with van der Waals surface area (Å²) in [5.74, 6) is 1.19. The second-order valence-electron chi connectivity index (χ2n) is 4.80. The van der Waals surface area contributed by atoms with Crippen LogP contribution in [-0.4, -0.2) is 36.9 Å². The van der Waals surface area contributed by atoms with Crippen LogP contribution < -0.4 is 14.2 Å². The predicted octanol–water partition coefficient (Wildman–Crippen LogP) is 3.33. The first-order chi connectivity index (χ1) is 11.7. The Kier molecular flexibility index (Phi) is 6.08. The van der Waals surface area contributed by atoms with Gasteiger partial charge in [0, 0.05) is 0 Å². The number of rotatable bonds is 7. The number of aromatic hydroxyl groups is 1. The van der Waals surface area contributed by atoms with Gasteiger partial charge in [-0.1, -0.05) is 29.4 Å². The van der Waals surface area contributed by atoms with Gasteiger partial charge in [0.25, 0.3) is 0 Å². The molecule has 0 saturated heterocycles. The monoisotopic (exact) mass is 329 g/mol. The van der Waals surface area contributed by atoms with E-state index >= 15 is 0 Å². The zero-order valence-electron chi connectivity index (χ0n) is 13.5. The van der Waals surface area contributed by atoms with Gasteiger partial charge in [-0.3, -0.25) is 0 Å². The van der Waals surface area contributed by atoms with Crippen LogP contribution >= 0.6 is 0 Å². The highest BCUT2D eigenvalue weighted by Gasteiger charge is 2.10. The van der Waals surface area contributed by atoms with Crippen LogP contribution in [0.5, 0.6) is 23.0 Å². The molecule has 0 heterocycles. The van der Waals surface area contributed by atoms with Crippen molar-refractivity contribution < 1.29 is 24.5 Å². The Morgan fingerprint density at radius 1 is 1.08 bits per heavy atom. The Morgan fingerprint density at radius 3 is 2.25 bits per heavy atom. The molecule has 2 N–H and O–H groups in total. The van der Waals surface area contributed by atoms with Crippen molar-refractivity contribution in [2.45, 2.75) is 0 Å². The van der Waals surface area contributed by atoms with Crippen molar-refractivity contribution in [1.82, 2.24) is 0 Å². The molecule has 6 nitrogen and oxygen atoms in total. The summed E-state index contributed by atoms with van der Waals surface area (Å²) in [5.41, 5.74) is 1.05. The fraction of sp³-hybridized carbons (Fsp3) is 0.167. The van der Waals surface area contributed by atoms with Crippen LogP contribution in [0.1, 0.15) is 5.56 Å². The maximum atomic E-state index is 9.89. The van der Waals surface area contributed by atoms with Gasteiger partial charge in [-0.2, -0.15) is 0 Å². The molecule has 0 radical (unpaired) electrons. The fourth-order valence-corrected chi connectivity index (χ4v) is 1.99. The number of oxime groups is 1. The molecular formula is C18H19NO5. The Hall–Kier alpha value is -3.15. The van der Waals surface area contributed by atoms with Crippen molar-refractivity contribution in [1.29, 1.82) is 0 Å². The molecule has 0 saturated carbocycles. The first-order valence-electron chi connectivity index (χ1n) is 7.19. The fourth-order valence-electron chi connectivity index (χ4n) is 1.99. The van der Waals surface area contributed by atoms with E-state index in [0.29, 0.717) is 17.0 Å². The highest BCUT2D eigenvalue weighted by molar-refractivity contribution is 5.99. The summed E-state index contributed by atoms with van der Waals surface area (Å²) in [6.45, 7) is 0.114. The third kappa shape index (κ3) is 4.42. The van der Waals surface area contributed by atoms with Gasteiger partial charge < -0.3 is 24.5 Å². The summed E-state index contributed by atoms with van der Waals surface area (Å²) in [5, 5.41) is 22.2. The molecule has 0 aliphatic rings. The number of para-hydroxylation sites is 1. The van der Waals surface area contributed by atoms with Crippen molar-refractivity contribution in [3.05, 3.63) is 54.1 Å². The van der Waals surface area contributed by atoms with Gasteiger partial charge in [-0.15, -0.1) is 0 Å². The Bertz CT molecular complexity index is 700. The van der Waals surface area contributed by atoms with Crippen molar-refractivity contribution in [2.75, 3.05) is 20.8 Å². The van der Waals surface area contributed by atoms with Crippen LogP contribution in [0.4, 0.5) is 0 Å². The Balaban J connectivity index is 2.10. The lowest BCUT2D eigenvalue weighted by molar-refractivity contribution is 0.308. The van der Waals surface area contributed by atoms with E-state index in [1.54, 1.807) is 24.3 Å².